The molecular formula is C17H20N2O4S. The number of amides is 1. The van der Waals surface area contributed by atoms with Crippen LogP contribution in [0.1, 0.15) is 18.1 Å². The van der Waals surface area contributed by atoms with Crippen molar-refractivity contribution in [2.45, 2.75) is 25.3 Å². The van der Waals surface area contributed by atoms with E-state index in [1.165, 1.54) is 13.0 Å². The van der Waals surface area contributed by atoms with Crippen LogP contribution in [0.2, 0.25) is 0 Å². The second-order valence-corrected chi connectivity index (χ2v) is 7.07. The average molecular weight is 348 g/mol. The molecule has 2 rings (SSSR count). The van der Waals surface area contributed by atoms with Gasteiger partial charge in [0, 0.05) is 19.2 Å². The predicted octanol–water partition coefficient (Wildman–Crippen LogP) is 2.44. The number of sulfonamides is 1. The molecule has 0 spiro atoms. The smallest absolute Gasteiger partial charge is 0.241 e. The summed E-state index contributed by atoms with van der Waals surface area (Å²) in [5.41, 5.74) is 1.82. The van der Waals surface area contributed by atoms with E-state index in [4.69, 9.17) is 4.74 Å². The summed E-state index contributed by atoms with van der Waals surface area (Å²) >= 11 is 0. The molecule has 7 heteroatoms. The van der Waals surface area contributed by atoms with E-state index in [0.717, 1.165) is 5.56 Å². The van der Waals surface area contributed by atoms with Crippen molar-refractivity contribution >= 4 is 21.6 Å². The molecule has 0 aliphatic heterocycles. The summed E-state index contributed by atoms with van der Waals surface area (Å²) in [5, 5.41) is 2.59. The highest BCUT2D eigenvalue weighted by atomic mass is 32.2. The first-order chi connectivity index (χ1) is 11.3. The monoisotopic (exact) mass is 348 g/mol. The van der Waals surface area contributed by atoms with Gasteiger partial charge in [-0.25, -0.2) is 13.1 Å². The number of anilines is 1. The summed E-state index contributed by atoms with van der Waals surface area (Å²) in [7, 11) is -2.15. The van der Waals surface area contributed by atoms with E-state index >= 15 is 0 Å². The van der Waals surface area contributed by atoms with Gasteiger partial charge in [-0.1, -0.05) is 18.2 Å². The standard InChI is InChI=1S/C17H20N2O4S/c1-12-7-8-15(19-13(2)20)10-17(12)24(21,22)18-11-14-5-4-6-16(9-14)23-3/h4-10,18H,11H2,1-3H3,(H,19,20). The molecule has 1 amide bonds. The summed E-state index contributed by atoms with van der Waals surface area (Å²) in [6.45, 7) is 3.22. The molecule has 24 heavy (non-hydrogen) atoms. The van der Waals surface area contributed by atoms with E-state index in [0.29, 0.717) is 17.0 Å². The molecule has 0 unspecified atom stereocenters. The predicted molar refractivity (Wildman–Crippen MR) is 92.5 cm³/mol. The lowest BCUT2D eigenvalue weighted by Crippen LogP contribution is -2.24. The third-order valence-corrected chi connectivity index (χ3v) is 4.94. The molecule has 0 bridgehead atoms. The third-order valence-electron chi connectivity index (χ3n) is 3.40. The lowest BCUT2D eigenvalue weighted by atomic mass is 10.2. The maximum atomic E-state index is 12.6. The Balaban J connectivity index is 2.21. The first-order valence-corrected chi connectivity index (χ1v) is 8.81. The van der Waals surface area contributed by atoms with Crippen LogP contribution in [0.5, 0.6) is 5.75 Å². The average Bonchev–Trinajstić information content (AvgIpc) is 2.54. The van der Waals surface area contributed by atoms with Crippen molar-refractivity contribution in [3.63, 3.8) is 0 Å². The number of ether oxygens (including phenoxy) is 1. The van der Waals surface area contributed by atoms with Crippen molar-refractivity contribution in [1.29, 1.82) is 0 Å². The van der Waals surface area contributed by atoms with Gasteiger partial charge in [0.15, 0.2) is 0 Å². The van der Waals surface area contributed by atoms with Gasteiger partial charge >= 0.3 is 0 Å². The summed E-state index contributed by atoms with van der Waals surface area (Å²) in [6.07, 6.45) is 0. The number of aryl methyl sites for hydroxylation is 1. The van der Waals surface area contributed by atoms with Gasteiger partial charge in [-0.3, -0.25) is 4.79 Å². The van der Waals surface area contributed by atoms with Gasteiger partial charge in [0.2, 0.25) is 15.9 Å². The Morgan fingerprint density at radius 2 is 1.92 bits per heavy atom. The quantitative estimate of drug-likeness (QED) is 0.840. The number of methoxy groups -OCH3 is 1. The van der Waals surface area contributed by atoms with Crippen LogP contribution in [-0.2, 0) is 21.4 Å². The van der Waals surface area contributed by atoms with E-state index in [1.54, 1.807) is 44.4 Å². The number of hydrogen-bond donors (Lipinski definition) is 2. The molecule has 0 saturated heterocycles. The molecule has 0 aromatic heterocycles. The molecule has 2 aromatic carbocycles. The van der Waals surface area contributed by atoms with E-state index < -0.39 is 10.0 Å². The lowest BCUT2D eigenvalue weighted by molar-refractivity contribution is -0.114. The number of carbonyl (C=O) groups is 1. The minimum Gasteiger partial charge on any atom is -0.497 e. The summed E-state index contributed by atoms with van der Waals surface area (Å²) < 4.78 is 32.8. The van der Waals surface area contributed by atoms with Gasteiger partial charge in [-0.05, 0) is 42.3 Å². The minimum atomic E-state index is -3.71. The molecule has 0 heterocycles. The fraction of sp³-hybridized carbons (Fsp3) is 0.235. The van der Waals surface area contributed by atoms with Gasteiger partial charge < -0.3 is 10.1 Å². The summed E-state index contributed by atoms with van der Waals surface area (Å²) in [6, 6.07) is 11.9. The van der Waals surface area contributed by atoms with Crippen LogP contribution < -0.4 is 14.8 Å². The Labute approximate surface area is 141 Å². The Morgan fingerprint density at radius 1 is 1.17 bits per heavy atom. The fourth-order valence-corrected chi connectivity index (χ4v) is 3.50. The maximum Gasteiger partial charge on any atom is 0.241 e. The molecule has 0 saturated carbocycles. The maximum absolute atomic E-state index is 12.6. The Hall–Kier alpha value is -2.38. The van der Waals surface area contributed by atoms with Crippen LogP contribution in [0.15, 0.2) is 47.4 Å². The number of nitrogens with one attached hydrogen (secondary N) is 2. The first-order valence-electron chi connectivity index (χ1n) is 7.32. The van der Waals surface area contributed by atoms with Gasteiger partial charge in [0.05, 0.1) is 12.0 Å². The van der Waals surface area contributed by atoms with Crippen molar-refractivity contribution in [3.8, 4) is 5.75 Å². The number of benzene rings is 2. The van der Waals surface area contributed by atoms with Crippen LogP contribution >= 0.6 is 0 Å². The highest BCUT2D eigenvalue weighted by molar-refractivity contribution is 7.89. The molecule has 2 N–H and O–H groups in total. The van der Waals surface area contributed by atoms with E-state index in [9.17, 15) is 13.2 Å². The van der Waals surface area contributed by atoms with Crippen molar-refractivity contribution in [2.24, 2.45) is 0 Å². The number of rotatable bonds is 6. The summed E-state index contributed by atoms with van der Waals surface area (Å²) in [5.74, 6) is 0.405. The molecule has 2 aromatic rings. The van der Waals surface area contributed by atoms with Crippen LogP contribution in [-0.4, -0.2) is 21.4 Å². The van der Waals surface area contributed by atoms with Gasteiger partial charge in [-0.2, -0.15) is 0 Å². The van der Waals surface area contributed by atoms with Crippen LogP contribution in [0.3, 0.4) is 0 Å². The van der Waals surface area contributed by atoms with Crippen molar-refractivity contribution in [2.75, 3.05) is 12.4 Å². The Kier molecular flexibility index (Phi) is 5.58. The zero-order chi connectivity index (χ0) is 17.7. The van der Waals surface area contributed by atoms with Crippen LogP contribution in [0, 0.1) is 6.92 Å². The minimum absolute atomic E-state index is 0.136. The molecule has 0 atom stereocenters. The zero-order valence-corrected chi connectivity index (χ0v) is 14.6. The second-order valence-electron chi connectivity index (χ2n) is 5.34. The molecule has 0 fully saturated rings. The molecule has 6 nitrogen and oxygen atoms in total. The zero-order valence-electron chi connectivity index (χ0n) is 13.8. The van der Waals surface area contributed by atoms with Gasteiger partial charge in [-0.15, -0.1) is 0 Å². The highest BCUT2D eigenvalue weighted by Crippen LogP contribution is 2.21. The Bertz CT molecular complexity index is 847. The highest BCUT2D eigenvalue weighted by Gasteiger charge is 2.17. The first kappa shape index (κ1) is 18.0. The fourth-order valence-electron chi connectivity index (χ4n) is 2.21. The Morgan fingerprint density at radius 3 is 2.58 bits per heavy atom. The third kappa shape index (κ3) is 4.56. The van der Waals surface area contributed by atoms with Gasteiger partial charge in [0.25, 0.3) is 0 Å². The van der Waals surface area contributed by atoms with E-state index in [2.05, 4.69) is 10.0 Å². The number of carbonyl (C=O) groups excluding carboxylic acids is 1. The van der Waals surface area contributed by atoms with E-state index in [-0.39, 0.29) is 17.3 Å². The van der Waals surface area contributed by atoms with Crippen LogP contribution in [0.4, 0.5) is 5.69 Å². The lowest BCUT2D eigenvalue weighted by Gasteiger charge is -2.12. The van der Waals surface area contributed by atoms with Gasteiger partial charge in [0.1, 0.15) is 5.75 Å². The SMILES string of the molecule is COc1cccc(CNS(=O)(=O)c2cc(NC(C)=O)ccc2C)c1. The molecule has 0 radical (unpaired) electrons. The topological polar surface area (TPSA) is 84.5 Å². The van der Waals surface area contributed by atoms with Crippen molar-refractivity contribution < 1.29 is 17.9 Å². The number of hydrogen-bond acceptors (Lipinski definition) is 4. The normalized spacial score (nSPS) is 11.1. The molecular weight excluding hydrogens is 328 g/mol. The largest absolute Gasteiger partial charge is 0.497 e. The van der Waals surface area contributed by atoms with Crippen LogP contribution in [0.25, 0.3) is 0 Å². The van der Waals surface area contributed by atoms with E-state index in [1.807, 2.05) is 6.07 Å². The molecule has 0 aliphatic carbocycles. The molecule has 0 aliphatic rings. The second kappa shape index (κ2) is 7.46. The van der Waals surface area contributed by atoms with Crippen molar-refractivity contribution in [1.82, 2.24) is 4.72 Å². The van der Waals surface area contributed by atoms with Crippen molar-refractivity contribution in [3.05, 3.63) is 53.6 Å². The molecule has 128 valence electrons. The summed E-state index contributed by atoms with van der Waals surface area (Å²) in [4.78, 5) is 11.3.